The molecule has 7 heteroatoms. The van der Waals surface area contributed by atoms with Gasteiger partial charge in [-0.3, -0.25) is 4.79 Å². The summed E-state index contributed by atoms with van der Waals surface area (Å²) in [7, 11) is 0. The molecule has 2 rings (SSSR count). The van der Waals surface area contributed by atoms with Crippen LogP contribution < -0.4 is 11.1 Å². The van der Waals surface area contributed by atoms with Crippen LogP contribution in [0, 0.1) is 5.82 Å². The summed E-state index contributed by atoms with van der Waals surface area (Å²) in [6.07, 6.45) is 0.603. The number of halogens is 1. The van der Waals surface area contributed by atoms with E-state index in [2.05, 4.69) is 5.32 Å². The number of ether oxygens (including phenoxy) is 1. The van der Waals surface area contributed by atoms with E-state index in [1.54, 1.807) is 0 Å². The molecule has 0 aromatic heterocycles. The number of carboxylic acids is 1. The first-order valence-electron chi connectivity index (χ1n) is 6.14. The molecule has 0 bridgehead atoms. The maximum atomic E-state index is 13.7. The number of nitrogens with two attached hydrogens (primary N) is 1. The van der Waals surface area contributed by atoms with Crippen LogP contribution in [0.1, 0.15) is 23.2 Å². The van der Waals surface area contributed by atoms with Gasteiger partial charge in [-0.05, 0) is 25.0 Å². The molecule has 1 saturated heterocycles. The third kappa shape index (κ3) is 2.78. The fourth-order valence-corrected chi connectivity index (χ4v) is 2.03. The number of anilines is 1. The van der Waals surface area contributed by atoms with E-state index in [0.717, 1.165) is 6.07 Å². The molecule has 6 nitrogen and oxygen atoms in total. The normalized spacial score (nSPS) is 17.5. The van der Waals surface area contributed by atoms with Gasteiger partial charge in [-0.2, -0.15) is 0 Å². The van der Waals surface area contributed by atoms with E-state index in [1.807, 2.05) is 0 Å². The molecule has 1 amide bonds. The Balaban J connectivity index is 2.25. The number of carboxylic acid groups (broad SMARTS) is 1. The standard InChI is InChI=1S/C13H15FN2O4/c14-9-3-1-2-8(11(17)18)10(9)16-12(19)13(15)4-6-20-7-5-13/h1-3H,4-7,15H2,(H,16,19)(H,17,18). The van der Waals surface area contributed by atoms with Crippen LogP contribution in [0.15, 0.2) is 18.2 Å². The largest absolute Gasteiger partial charge is 0.478 e. The Hall–Kier alpha value is -1.99. The molecule has 0 atom stereocenters. The Kier molecular flexibility index (Phi) is 4.01. The highest BCUT2D eigenvalue weighted by atomic mass is 19.1. The van der Waals surface area contributed by atoms with Crippen LogP contribution in [0.4, 0.5) is 10.1 Å². The fourth-order valence-electron chi connectivity index (χ4n) is 2.03. The lowest BCUT2D eigenvalue weighted by atomic mass is 9.90. The van der Waals surface area contributed by atoms with E-state index < -0.39 is 23.2 Å². The average molecular weight is 282 g/mol. The Morgan fingerprint density at radius 2 is 2.00 bits per heavy atom. The maximum Gasteiger partial charge on any atom is 0.337 e. The quantitative estimate of drug-likeness (QED) is 0.766. The lowest BCUT2D eigenvalue weighted by Crippen LogP contribution is -2.54. The van der Waals surface area contributed by atoms with Crippen molar-refractivity contribution in [2.75, 3.05) is 18.5 Å². The van der Waals surface area contributed by atoms with Crippen LogP contribution in [-0.4, -0.2) is 35.7 Å². The molecule has 108 valence electrons. The second kappa shape index (κ2) is 5.56. The third-order valence-electron chi connectivity index (χ3n) is 3.32. The van der Waals surface area contributed by atoms with Crippen molar-refractivity contribution in [1.82, 2.24) is 0 Å². The molecule has 1 fully saturated rings. The topological polar surface area (TPSA) is 102 Å². The summed E-state index contributed by atoms with van der Waals surface area (Å²) in [5.74, 6) is -2.74. The minimum absolute atomic E-state index is 0.301. The molecular weight excluding hydrogens is 267 g/mol. The Bertz CT molecular complexity index is 541. The van der Waals surface area contributed by atoms with E-state index in [1.165, 1.54) is 12.1 Å². The summed E-state index contributed by atoms with van der Waals surface area (Å²) in [6.45, 7) is 0.681. The van der Waals surface area contributed by atoms with E-state index >= 15 is 0 Å². The highest BCUT2D eigenvalue weighted by molar-refractivity contribution is 6.03. The highest BCUT2D eigenvalue weighted by Gasteiger charge is 2.36. The Morgan fingerprint density at radius 1 is 1.35 bits per heavy atom. The van der Waals surface area contributed by atoms with Crippen LogP contribution in [0.2, 0.25) is 0 Å². The average Bonchev–Trinajstić information content (AvgIpc) is 2.41. The number of benzene rings is 1. The highest BCUT2D eigenvalue weighted by Crippen LogP contribution is 2.24. The fraction of sp³-hybridized carbons (Fsp3) is 0.385. The van der Waals surface area contributed by atoms with Crippen LogP contribution in [-0.2, 0) is 9.53 Å². The summed E-state index contributed by atoms with van der Waals surface area (Å²) in [5, 5.41) is 11.3. The second-order valence-corrected chi connectivity index (χ2v) is 4.69. The number of aromatic carboxylic acids is 1. The van der Waals surface area contributed by atoms with Gasteiger partial charge >= 0.3 is 5.97 Å². The number of para-hydroxylation sites is 1. The Labute approximate surface area is 114 Å². The zero-order chi connectivity index (χ0) is 14.8. The zero-order valence-electron chi connectivity index (χ0n) is 10.7. The SMILES string of the molecule is NC1(C(=O)Nc2c(F)cccc2C(=O)O)CCOCC1. The first kappa shape index (κ1) is 14.4. The summed E-state index contributed by atoms with van der Waals surface area (Å²) < 4.78 is 18.8. The molecule has 20 heavy (non-hydrogen) atoms. The van der Waals surface area contributed by atoms with Gasteiger partial charge in [0.15, 0.2) is 0 Å². The molecule has 0 spiro atoms. The van der Waals surface area contributed by atoms with Crippen molar-refractivity contribution < 1.29 is 23.8 Å². The first-order chi connectivity index (χ1) is 9.44. The number of carbonyl (C=O) groups excluding carboxylic acids is 1. The second-order valence-electron chi connectivity index (χ2n) is 4.69. The number of amides is 1. The summed E-state index contributed by atoms with van der Waals surface area (Å²) in [5.41, 5.74) is 4.12. The van der Waals surface area contributed by atoms with E-state index in [0.29, 0.717) is 26.1 Å². The number of hydrogen-bond acceptors (Lipinski definition) is 4. The summed E-state index contributed by atoms with van der Waals surface area (Å²) in [6, 6.07) is 3.56. The molecule has 1 aromatic rings. The van der Waals surface area contributed by atoms with E-state index in [9.17, 15) is 14.0 Å². The van der Waals surface area contributed by atoms with Crippen molar-refractivity contribution in [1.29, 1.82) is 0 Å². The van der Waals surface area contributed by atoms with Crippen LogP contribution in [0.5, 0.6) is 0 Å². The predicted octanol–water partition coefficient (Wildman–Crippen LogP) is 0.970. The predicted molar refractivity (Wildman–Crippen MR) is 69.0 cm³/mol. The number of hydrogen-bond donors (Lipinski definition) is 3. The van der Waals surface area contributed by atoms with Gasteiger partial charge in [0.25, 0.3) is 0 Å². The molecule has 1 heterocycles. The molecule has 1 aliphatic rings. The molecule has 0 saturated carbocycles. The zero-order valence-corrected chi connectivity index (χ0v) is 10.7. The maximum absolute atomic E-state index is 13.7. The lowest BCUT2D eigenvalue weighted by molar-refractivity contribution is -0.124. The van der Waals surface area contributed by atoms with Gasteiger partial charge in [-0.1, -0.05) is 6.07 Å². The van der Waals surface area contributed by atoms with E-state index in [4.69, 9.17) is 15.6 Å². The van der Waals surface area contributed by atoms with Crippen LogP contribution >= 0.6 is 0 Å². The van der Waals surface area contributed by atoms with Gasteiger partial charge in [-0.15, -0.1) is 0 Å². The molecule has 0 aliphatic carbocycles. The summed E-state index contributed by atoms with van der Waals surface area (Å²) in [4.78, 5) is 23.2. The molecule has 4 N–H and O–H groups in total. The monoisotopic (exact) mass is 282 g/mol. The minimum Gasteiger partial charge on any atom is -0.478 e. The Morgan fingerprint density at radius 3 is 2.60 bits per heavy atom. The molecule has 1 aliphatic heterocycles. The molecular formula is C13H15FN2O4. The van der Waals surface area contributed by atoms with Crippen LogP contribution in [0.25, 0.3) is 0 Å². The lowest BCUT2D eigenvalue weighted by Gasteiger charge is -2.31. The molecule has 0 radical (unpaired) electrons. The van der Waals surface area contributed by atoms with Gasteiger partial charge in [0, 0.05) is 13.2 Å². The van der Waals surface area contributed by atoms with Crippen LogP contribution in [0.3, 0.4) is 0 Å². The van der Waals surface area contributed by atoms with E-state index in [-0.39, 0.29) is 11.3 Å². The van der Waals surface area contributed by atoms with Gasteiger partial charge in [0.2, 0.25) is 5.91 Å². The van der Waals surface area contributed by atoms with Crippen molar-refractivity contribution in [3.8, 4) is 0 Å². The third-order valence-corrected chi connectivity index (χ3v) is 3.32. The van der Waals surface area contributed by atoms with Crippen molar-refractivity contribution >= 4 is 17.6 Å². The summed E-state index contributed by atoms with van der Waals surface area (Å²) >= 11 is 0. The number of nitrogens with one attached hydrogen (secondary N) is 1. The van der Waals surface area contributed by atoms with Gasteiger partial charge in [0.05, 0.1) is 11.3 Å². The first-order valence-corrected chi connectivity index (χ1v) is 6.14. The van der Waals surface area contributed by atoms with Crippen molar-refractivity contribution in [3.63, 3.8) is 0 Å². The van der Waals surface area contributed by atoms with Crippen molar-refractivity contribution in [2.45, 2.75) is 18.4 Å². The van der Waals surface area contributed by atoms with Crippen molar-refractivity contribution in [3.05, 3.63) is 29.6 Å². The van der Waals surface area contributed by atoms with Gasteiger partial charge < -0.3 is 20.9 Å². The number of rotatable bonds is 3. The number of carbonyl (C=O) groups is 2. The molecule has 0 unspecified atom stereocenters. The minimum atomic E-state index is -1.32. The van der Waals surface area contributed by atoms with Gasteiger partial charge in [0.1, 0.15) is 11.4 Å². The van der Waals surface area contributed by atoms with Gasteiger partial charge in [-0.25, -0.2) is 9.18 Å². The molecule has 1 aromatic carbocycles. The smallest absolute Gasteiger partial charge is 0.337 e. The van der Waals surface area contributed by atoms with Crippen molar-refractivity contribution in [2.24, 2.45) is 5.73 Å².